The number of carbonyl (C=O) groups excluding carboxylic acids is 1. The second-order valence-corrected chi connectivity index (χ2v) is 6.88. The molecule has 2 heterocycles. The van der Waals surface area contributed by atoms with Crippen LogP contribution in [-0.2, 0) is 13.2 Å². The topological polar surface area (TPSA) is 50.2 Å². The maximum atomic E-state index is 12.9. The molecule has 0 aromatic carbocycles. The Hall–Kier alpha value is -1.57. The monoisotopic (exact) mass is 346 g/mol. The van der Waals surface area contributed by atoms with Gasteiger partial charge in [-0.05, 0) is 31.2 Å². The first-order chi connectivity index (χ1) is 11.2. The van der Waals surface area contributed by atoms with Crippen molar-refractivity contribution in [3.8, 4) is 0 Å². The summed E-state index contributed by atoms with van der Waals surface area (Å²) in [5.74, 6) is 0.594. The van der Waals surface area contributed by atoms with Crippen LogP contribution in [0.1, 0.15) is 42.7 Å². The van der Waals surface area contributed by atoms with E-state index < -0.39 is 23.3 Å². The number of hydrogen-bond donors (Lipinski definition) is 1. The van der Waals surface area contributed by atoms with Gasteiger partial charge >= 0.3 is 6.18 Å². The molecule has 136 valence electrons. The first kappa shape index (κ1) is 18.8. The van der Waals surface area contributed by atoms with Gasteiger partial charge < -0.3 is 10.2 Å². The van der Waals surface area contributed by atoms with E-state index in [0.29, 0.717) is 24.8 Å². The van der Waals surface area contributed by atoms with Crippen LogP contribution < -0.4 is 5.32 Å². The Morgan fingerprint density at radius 1 is 1.33 bits per heavy atom. The lowest BCUT2D eigenvalue weighted by molar-refractivity contribution is -0.141. The Morgan fingerprint density at radius 2 is 1.96 bits per heavy atom. The van der Waals surface area contributed by atoms with Crippen molar-refractivity contribution in [2.75, 3.05) is 26.2 Å². The Labute approximate surface area is 140 Å². The summed E-state index contributed by atoms with van der Waals surface area (Å²) >= 11 is 0. The number of alkyl halides is 3. The molecule has 1 aliphatic heterocycles. The summed E-state index contributed by atoms with van der Waals surface area (Å²) in [6.45, 7) is 7.73. The van der Waals surface area contributed by atoms with Crippen molar-refractivity contribution in [1.82, 2.24) is 20.0 Å². The molecule has 8 heteroatoms. The molecule has 1 fully saturated rings. The molecule has 1 aromatic heterocycles. The van der Waals surface area contributed by atoms with Crippen LogP contribution in [0.25, 0.3) is 0 Å². The number of halogens is 3. The van der Waals surface area contributed by atoms with Crippen LogP contribution in [0.5, 0.6) is 0 Å². The van der Waals surface area contributed by atoms with Gasteiger partial charge in [-0.25, -0.2) is 0 Å². The van der Waals surface area contributed by atoms with Gasteiger partial charge in [-0.1, -0.05) is 13.8 Å². The van der Waals surface area contributed by atoms with E-state index in [1.165, 1.54) is 13.5 Å². The van der Waals surface area contributed by atoms with E-state index in [0.717, 1.165) is 30.5 Å². The van der Waals surface area contributed by atoms with Crippen molar-refractivity contribution in [2.45, 2.75) is 32.9 Å². The van der Waals surface area contributed by atoms with Crippen molar-refractivity contribution < 1.29 is 18.0 Å². The summed E-state index contributed by atoms with van der Waals surface area (Å²) in [4.78, 5) is 14.4. The molecule has 2 rings (SSSR count). The van der Waals surface area contributed by atoms with Crippen LogP contribution in [-0.4, -0.2) is 46.8 Å². The number of hydrogen-bond acceptors (Lipinski definition) is 3. The fraction of sp³-hybridized carbons (Fsp3) is 0.750. The second kappa shape index (κ2) is 7.55. The fourth-order valence-corrected chi connectivity index (χ4v) is 3.44. The third-order valence-electron chi connectivity index (χ3n) is 4.22. The molecule has 1 amide bonds. The van der Waals surface area contributed by atoms with E-state index in [1.54, 1.807) is 0 Å². The summed E-state index contributed by atoms with van der Waals surface area (Å²) in [6.07, 6.45) is -1.58. The number of nitrogens with zero attached hydrogens (tertiary/aromatic N) is 3. The van der Waals surface area contributed by atoms with Gasteiger partial charge in [0.15, 0.2) is 5.69 Å². The molecule has 2 unspecified atom stereocenters. The van der Waals surface area contributed by atoms with E-state index in [2.05, 4.69) is 29.2 Å². The highest BCUT2D eigenvalue weighted by Gasteiger charge is 2.38. The maximum absolute atomic E-state index is 12.9. The lowest BCUT2D eigenvalue weighted by Crippen LogP contribution is -2.40. The number of aromatic nitrogens is 2. The molecule has 0 bridgehead atoms. The average molecular weight is 346 g/mol. The minimum absolute atomic E-state index is 0.351. The highest BCUT2D eigenvalue weighted by atomic mass is 19.4. The van der Waals surface area contributed by atoms with Gasteiger partial charge in [0.1, 0.15) is 0 Å². The van der Waals surface area contributed by atoms with Crippen molar-refractivity contribution in [1.29, 1.82) is 0 Å². The van der Waals surface area contributed by atoms with E-state index in [-0.39, 0.29) is 0 Å². The summed E-state index contributed by atoms with van der Waals surface area (Å²) in [5.41, 5.74) is -1.56. The molecule has 0 radical (unpaired) electrons. The highest BCUT2D eigenvalue weighted by Crippen LogP contribution is 2.30. The number of piperidine rings is 1. The zero-order valence-corrected chi connectivity index (χ0v) is 14.4. The molecule has 0 saturated carbocycles. The van der Waals surface area contributed by atoms with Gasteiger partial charge in [0.05, 0.1) is 5.56 Å². The van der Waals surface area contributed by atoms with Crippen molar-refractivity contribution in [3.05, 3.63) is 17.5 Å². The van der Waals surface area contributed by atoms with Crippen LogP contribution in [0.3, 0.4) is 0 Å². The Kier molecular flexibility index (Phi) is 5.90. The molecule has 5 nitrogen and oxygen atoms in total. The van der Waals surface area contributed by atoms with Crippen molar-refractivity contribution >= 4 is 5.91 Å². The molecular weight excluding hydrogens is 321 g/mol. The predicted molar refractivity (Wildman–Crippen MR) is 84.5 cm³/mol. The number of carbonyl (C=O) groups is 1. The normalized spacial score (nSPS) is 22.6. The third-order valence-corrected chi connectivity index (χ3v) is 4.22. The Bertz CT molecular complexity index is 560. The lowest BCUT2D eigenvalue weighted by Gasteiger charge is -2.34. The Morgan fingerprint density at radius 3 is 2.54 bits per heavy atom. The van der Waals surface area contributed by atoms with Crippen molar-refractivity contribution in [3.63, 3.8) is 0 Å². The van der Waals surface area contributed by atoms with Gasteiger partial charge in [-0.3, -0.25) is 9.48 Å². The third kappa shape index (κ3) is 4.96. The summed E-state index contributed by atoms with van der Waals surface area (Å²) in [7, 11) is 1.37. The highest BCUT2D eigenvalue weighted by molar-refractivity contribution is 5.95. The molecule has 0 spiro atoms. The summed E-state index contributed by atoms with van der Waals surface area (Å²) in [5, 5.41) is 5.91. The minimum Gasteiger partial charge on any atom is -0.352 e. The number of amides is 1. The standard InChI is InChI=1S/C16H25F3N4O/c1-11-7-12(2)9-23(8-11)6-4-5-20-15(24)13-10-22(3)21-14(13)16(17,18)19/h10-12H,4-9H2,1-3H3,(H,20,24). The van der Waals surface area contributed by atoms with Crippen LogP contribution in [0, 0.1) is 11.8 Å². The van der Waals surface area contributed by atoms with Crippen LogP contribution in [0.15, 0.2) is 6.20 Å². The van der Waals surface area contributed by atoms with Crippen LogP contribution in [0.4, 0.5) is 13.2 Å². The maximum Gasteiger partial charge on any atom is 0.435 e. The van der Waals surface area contributed by atoms with Crippen molar-refractivity contribution in [2.24, 2.45) is 18.9 Å². The van der Waals surface area contributed by atoms with Gasteiger partial charge in [0.25, 0.3) is 5.91 Å². The first-order valence-electron chi connectivity index (χ1n) is 8.28. The zero-order chi connectivity index (χ0) is 17.9. The van der Waals surface area contributed by atoms with Crippen LogP contribution >= 0.6 is 0 Å². The van der Waals surface area contributed by atoms with Gasteiger partial charge in [0.2, 0.25) is 0 Å². The molecule has 1 aliphatic rings. The average Bonchev–Trinajstić information content (AvgIpc) is 2.84. The largest absolute Gasteiger partial charge is 0.435 e. The number of rotatable bonds is 5. The Balaban J connectivity index is 1.82. The number of likely N-dealkylation sites (tertiary alicyclic amines) is 1. The molecule has 1 N–H and O–H groups in total. The molecule has 1 aromatic rings. The zero-order valence-electron chi connectivity index (χ0n) is 14.4. The predicted octanol–water partition coefficient (Wildman–Crippen LogP) is 2.54. The van der Waals surface area contributed by atoms with E-state index in [1.807, 2.05) is 0 Å². The molecular formula is C16H25F3N4O. The van der Waals surface area contributed by atoms with E-state index in [4.69, 9.17) is 0 Å². The second-order valence-electron chi connectivity index (χ2n) is 6.88. The van der Waals surface area contributed by atoms with Gasteiger partial charge in [-0.15, -0.1) is 0 Å². The molecule has 0 aliphatic carbocycles. The molecule has 2 atom stereocenters. The van der Waals surface area contributed by atoms with Gasteiger partial charge in [0, 0.05) is 32.9 Å². The smallest absolute Gasteiger partial charge is 0.352 e. The minimum atomic E-state index is -4.63. The van der Waals surface area contributed by atoms with Crippen LogP contribution in [0.2, 0.25) is 0 Å². The van der Waals surface area contributed by atoms with Gasteiger partial charge in [-0.2, -0.15) is 18.3 Å². The lowest BCUT2D eigenvalue weighted by atomic mass is 9.92. The summed E-state index contributed by atoms with van der Waals surface area (Å²) < 4.78 is 39.6. The fourth-order valence-electron chi connectivity index (χ4n) is 3.44. The number of nitrogens with one attached hydrogen (secondary N) is 1. The van der Waals surface area contributed by atoms with E-state index >= 15 is 0 Å². The molecule has 24 heavy (non-hydrogen) atoms. The summed E-state index contributed by atoms with van der Waals surface area (Å²) in [6, 6.07) is 0. The quantitative estimate of drug-likeness (QED) is 0.834. The molecule has 1 saturated heterocycles. The van der Waals surface area contributed by atoms with E-state index in [9.17, 15) is 18.0 Å². The number of aryl methyl sites for hydroxylation is 1. The first-order valence-corrected chi connectivity index (χ1v) is 8.28. The SMILES string of the molecule is CC1CC(C)CN(CCCNC(=O)c2cn(C)nc2C(F)(F)F)C1.